The summed E-state index contributed by atoms with van der Waals surface area (Å²) >= 11 is 1.32. The van der Waals surface area contributed by atoms with Crippen molar-refractivity contribution in [1.82, 2.24) is 25.2 Å². The molecule has 3 rings (SSSR count). The zero-order valence-electron chi connectivity index (χ0n) is 12.1. The smallest absolute Gasteiger partial charge is 0.348 e. The summed E-state index contributed by atoms with van der Waals surface area (Å²) in [5.74, 6) is 0.221. The highest BCUT2D eigenvalue weighted by atomic mass is 32.1. The van der Waals surface area contributed by atoms with Crippen molar-refractivity contribution in [2.45, 2.75) is 6.92 Å². The lowest BCUT2D eigenvalue weighted by atomic mass is 10.2. The molecule has 0 aromatic carbocycles. The van der Waals surface area contributed by atoms with Crippen molar-refractivity contribution in [3.05, 3.63) is 35.3 Å². The van der Waals surface area contributed by atoms with Gasteiger partial charge in [0.05, 0.1) is 17.2 Å². The van der Waals surface area contributed by atoms with Crippen LogP contribution in [0.3, 0.4) is 0 Å². The molecule has 0 saturated carbocycles. The van der Waals surface area contributed by atoms with Crippen LogP contribution in [-0.2, 0) is 11.8 Å². The molecule has 8 heteroatoms. The molecule has 0 unspecified atom stereocenters. The van der Waals surface area contributed by atoms with Crippen molar-refractivity contribution in [3.8, 4) is 22.0 Å². The van der Waals surface area contributed by atoms with Gasteiger partial charge in [0.15, 0.2) is 5.82 Å². The average molecular weight is 315 g/mol. The second-order valence-electron chi connectivity index (χ2n) is 4.41. The van der Waals surface area contributed by atoms with E-state index in [2.05, 4.69) is 20.5 Å². The number of pyridine rings is 1. The predicted molar refractivity (Wildman–Crippen MR) is 81.3 cm³/mol. The lowest BCUT2D eigenvalue weighted by Crippen LogP contribution is -2.01. The summed E-state index contributed by atoms with van der Waals surface area (Å²) in [6.07, 6.45) is 1.71. The van der Waals surface area contributed by atoms with Crippen LogP contribution in [0.5, 0.6) is 0 Å². The number of nitrogens with zero attached hydrogens (tertiary/aromatic N) is 5. The van der Waals surface area contributed by atoms with Crippen LogP contribution in [0.1, 0.15) is 16.6 Å². The van der Waals surface area contributed by atoms with Crippen LogP contribution in [0.2, 0.25) is 0 Å². The number of hydrogen-bond donors (Lipinski definition) is 0. The Kier molecular flexibility index (Phi) is 3.92. The highest BCUT2D eigenvalue weighted by molar-refractivity contribution is 7.17. The van der Waals surface area contributed by atoms with Crippen molar-refractivity contribution in [2.75, 3.05) is 6.61 Å². The molecule has 0 amide bonds. The van der Waals surface area contributed by atoms with Gasteiger partial charge in [-0.25, -0.2) is 9.48 Å². The van der Waals surface area contributed by atoms with Gasteiger partial charge < -0.3 is 4.74 Å². The fourth-order valence-corrected chi connectivity index (χ4v) is 3.03. The second-order valence-corrected chi connectivity index (χ2v) is 5.47. The monoisotopic (exact) mass is 315 g/mol. The van der Waals surface area contributed by atoms with Crippen molar-refractivity contribution in [3.63, 3.8) is 0 Å². The molecule has 112 valence electrons. The summed E-state index contributed by atoms with van der Waals surface area (Å²) in [6.45, 7) is 2.11. The van der Waals surface area contributed by atoms with Crippen LogP contribution in [0.4, 0.5) is 0 Å². The highest BCUT2D eigenvalue weighted by Gasteiger charge is 2.21. The van der Waals surface area contributed by atoms with Crippen LogP contribution in [0.25, 0.3) is 22.0 Å². The first kappa shape index (κ1) is 14.3. The molecule has 0 spiro atoms. The average Bonchev–Trinajstić information content (AvgIpc) is 3.14. The van der Waals surface area contributed by atoms with Crippen LogP contribution < -0.4 is 0 Å². The van der Waals surface area contributed by atoms with Crippen molar-refractivity contribution < 1.29 is 9.53 Å². The number of carbonyl (C=O) groups is 1. The van der Waals surface area contributed by atoms with Crippen molar-refractivity contribution in [2.24, 2.45) is 7.05 Å². The maximum absolute atomic E-state index is 12.0. The van der Waals surface area contributed by atoms with Crippen LogP contribution >= 0.6 is 11.3 Å². The molecule has 0 aliphatic heterocycles. The van der Waals surface area contributed by atoms with E-state index in [-0.39, 0.29) is 5.97 Å². The number of rotatable bonds is 4. The number of thiophene rings is 1. The van der Waals surface area contributed by atoms with E-state index in [1.165, 1.54) is 11.3 Å². The number of aromatic nitrogens is 5. The SMILES string of the molecule is CCOC(=O)c1cc(-c2nnnn2C)c(-c2ccccn2)s1. The number of tetrazole rings is 1. The first-order chi connectivity index (χ1) is 10.7. The fourth-order valence-electron chi connectivity index (χ4n) is 2.00. The Morgan fingerprint density at radius 2 is 2.27 bits per heavy atom. The summed E-state index contributed by atoms with van der Waals surface area (Å²) in [4.78, 5) is 17.7. The van der Waals surface area contributed by atoms with E-state index in [4.69, 9.17) is 4.74 Å². The molecule has 0 bridgehead atoms. The van der Waals surface area contributed by atoms with Gasteiger partial charge in [-0.15, -0.1) is 16.4 Å². The van der Waals surface area contributed by atoms with Crippen LogP contribution in [0, 0.1) is 0 Å². The maximum Gasteiger partial charge on any atom is 0.348 e. The Labute approximate surface area is 130 Å². The van der Waals surface area contributed by atoms with E-state index >= 15 is 0 Å². The summed E-state index contributed by atoms with van der Waals surface area (Å²) in [5, 5.41) is 11.5. The molecule has 3 aromatic rings. The second kappa shape index (κ2) is 6.02. The molecule has 0 saturated heterocycles. The van der Waals surface area contributed by atoms with Crippen molar-refractivity contribution in [1.29, 1.82) is 0 Å². The number of esters is 1. The third kappa shape index (κ3) is 2.60. The molecule has 22 heavy (non-hydrogen) atoms. The highest BCUT2D eigenvalue weighted by Crippen LogP contribution is 2.37. The summed E-state index contributed by atoms with van der Waals surface area (Å²) in [7, 11) is 1.75. The molecule has 0 N–H and O–H groups in total. The van der Waals surface area contributed by atoms with Gasteiger partial charge in [-0.3, -0.25) is 4.98 Å². The zero-order chi connectivity index (χ0) is 15.5. The van der Waals surface area contributed by atoms with Gasteiger partial charge in [-0.1, -0.05) is 6.07 Å². The molecular weight excluding hydrogens is 302 g/mol. The van der Waals surface area contributed by atoms with E-state index in [1.54, 1.807) is 30.9 Å². The van der Waals surface area contributed by atoms with Gasteiger partial charge in [0.2, 0.25) is 0 Å². The molecule has 0 atom stereocenters. The van der Waals surface area contributed by atoms with E-state index in [9.17, 15) is 4.79 Å². The summed E-state index contributed by atoms with van der Waals surface area (Å²) < 4.78 is 6.63. The fraction of sp³-hybridized carbons (Fsp3) is 0.214. The topological polar surface area (TPSA) is 82.8 Å². The molecule has 3 heterocycles. The Bertz CT molecular complexity index is 797. The Hall–Kier alpha value is -2.61. The number of hydrogen-bond acceptors (Lipinski definition) is 7. The van der Waals surface area contributed by atoms with E-state index < -0.39 is 0 Å². The van der Waals surface area contributed by atoms with Crippen LogP contribution in [-0.4, -0.2) is 37.8 Å². The maximum atomic E-state index is 12.0. The summed E-state index contributed by atoms with van der Waals surface area (Å²) in [6, 6.07) is 7.37. The minimum absolute atomic E-state index is 0.330. The Balaban J connectivity index is 2.15. The minimum atomic E-state index is -0.356. The Morgan fingerprint density at radius 1 is 1.41 bits per heavy atom. The number of carbonyl (C=O) groups excluding carboxylic acids is 1. The van der Waals surface area contributed by atoms with Gasteiger partial charge in [-0.2, -0.15) is 0 Å². The lowest BCUT2D eigenvalue weighted by molar-refractivity contribution is 0.0532. The molecule has 0 aliphatic rings. The summed E-state index contributed by atoms with van der Waals surface area (Å²) in [5.41, 5.74) is 1.53. The molecule has 0 aliphatic carbocycles. The van der Waals surface area contributed by atoms with E-state index in [1.807, 2.05) is 18.2 Å². The van der Waals surface area contributed by atoms with Gasteiger partial charge >= 0.3 is 5.97 Å². The Morgan fingerprint density at radius 3 is 2.91 bits per heavy atom. The van der Waals surface area contributed by atoms with Gasteiger partial charge in [0.1, 0.15) is 4.88 Å². The quantitative estimate of drug-likeness (QED) is 0.686. The standard InChI is InChI=1S/C14H13N5O2S/c1-3-21-14(20)11-8-9(13-16-17-18-19(13)2)12(22-11)10-6-4-5-7-15-10/h4-8H,3H2,1-2H3. The first-order valence-electron chi connectivity index (χ1n) is 6.65. The van der Waals surface area contributed by atoms with Gasteiger partial charge in [0, 0.05) is 18.8 Å². The molecule has 0 radical (unpaired) electrons. The predicted octanol–water partition coefficient (Wildman–Crippen LogP) is 2.18. The third-order valence-electron chi connectivity index (χ3n) is 2.97. The number of aryl methyl sites for hydroxylation is 1. The van der Waals surface area contributed by atoms with Gasteiger partial charge in [-0.05, 0) is 35.5 Å². The molecule has 3 aromatic heterocycles. The van der Waals surface area contributed by atoms with Crippen LogP contribution in [0.15, 0.2) is 30.5 Å². The zero-order valence-corrected chi connectivity index (χ0v) is 12.9. The lowest BCUT2D eigenvalue weighted by Gasteiger charge is -2.01. The van der Waals surface area contributed by atoms with E-state index in [0.717, 1.165) is 16.1 Å². The van der Waals surface area contributed by atoms with E-state index in [0.29, 0.717) is 17.3 Å². The van der Waals surface area contributed by atoms with Crippen molar-refractivity contribution >= 4 is 17.3 Å². The minimum Gasteiger partial charge on any atom is -0.462 e. The largest absolute Gasteiger partial charge is 0.462 e. The molecular formula is C14H13N5O2S. The molecule has 0 fully saturated rings. The molecule has 7 nitrogen and oxygen atoms in total. The number of ether oxygens (including phenoxy) is 1. The first-order valence-corrected chi connectivity index (χ1v) is 7.47. The normalized spacial score (nSPS) is 10.6. The third-order valence-corrected chi connectivity index (χ3v) is 4.10. The van der Waals surface area contributed by atoms with Gasteiger partial charge in [0.25, 0.3) is 0 Å².